The molecule has 3 rings (SSSR count). The Labute approximate surface area is 163 Å². The highest BCUT2D eigenvalue weighted by Gasteiger charge is 2.28. The van der Waals surface area contributed by atoms with Gasteiger partial charge in [-0.25, -0.2) is 13.6 Å². The van der Waals surface area contributed by atoms with Gasteiger partial charge in [-0.3, -0.25) is 10.1 Å². The number of aryl methyl sites for hydroxylation is 1. The number of nitrogens with zero attached hydrogens (tertiary/aromatic N) is 1. The van der Waals surface area contributed by atoms with Crippen molar-refractivity contribution in [3.05, 3.63) is 63.7 Å². The van der Waals surface area contributed by atoms with Crippen LogP contribution in [0.4, 0.5) is 11.4 Å². The van der Waals surface area contributed by atoms with Crippen molar-refractivity contribution >= 4 is 21.4 Å². The van der Waals surface area contributed by atoms with Gasteiger partial charge in [0, 0.05) is 25.1 Å². The van der Waals surface area contributed by atoms with E-state index in [1.165, 1.54) is 17.7 Å². The number of nitro benzene ring substituents is 1. The van der Waals surface area contributed by atoms with Crippen LogP contribution in [-0.2, 0) is 14.8 Å². The highest BCUT2D eigenvalue weighted by molar-refractivity contribution is 7.89. The lowest BCUT2D eigenvalue weighted by molar-refractivity contribution is -0.384. The number of sulfonamides is 1. The lowest BCUT2D eigenvalue weighted by Gasteiger charge is -2.32. The monoisotopic (exact) mass is 405 g/mol. The van der Waals surface area contributed by atoms with Gasteiger partial charge in [-0.15, -0.1) is 0 Å². The van der Waals surface area contributed by atoms with Gasteiger partial charge in [0.1, 0.15) is 5.69 Å². The van der Waals surface area contributed by atoms with Crippen molar-refractivity contribution in [1.82, 2.24) is 0 Å². The van der Waals surface area contributed by atoms with E-state index >= 15 is 0 Å². The molecule has 1 heterocycles. The third kappa shape index (κ3) is 4.67. The van der Waals surface area contributed by atoms with Crippen LogP contribution in [0.5, 0.6) is 0 Å². The van der Waals surface area contributed by atoms with E-state index in [0.29, 0.717) is 13.2 Å². The van der Waals surface area contributed by atoms with Gasteiger partial charge in [0.2, 0.25) is 10.0 Å². The Morgan fingerprint density at radius 1 is 1.25 bits per heavy atom. The van der Waals surface area contributed by atoms with Crippen molar-refractivity contribution in [2.75, 3.05) is 18.5 Å². The van der Waals surface area contributed by atoms with Gasteiger partial charge in [-0.1, -0.05) is 29.8 Å². The number of hydrogen-bond donors (Lipinski definition) is 2. The SMILES string of the molecule is Cc1ccc(C2OCCCC2CNc2ccc(S(N)(=O)=O)cc2[N+](=O)[O-])cc1. The number of ether oxygens (including phenoxy) is 1. The fraction of sp³-hybridized carbons (Fsp3) is 0.368. The van der Waals surface area contributed by atoms with Crippen LogP contribution in [0.2, 0.25) is 0 Å². The normalized spacial score (nSPS) is 19.9. The first kappa shape index (κ1) is 20.2. The summed E-state index contributed by atoms with van der Waals surface area (Å²) in [4.78, 5) is 10.5. The summed E-state index contributed by atoms with van der Waals surface area (Å²) < 4.78 is 28.9. The van der Waals surface area contributed by atoms with E-state index in [1.54, 1.807) is 0 Å². The average molecular weight is 405 g/mol. The molecule has 2 aromatic carbocycles. The summed E-state index contributed by atoms with van der Waals surface area (Å²) in [6.07, 6.45) is 1.75. The summed E-state index contributed by atoms with van der Waals surface area (Å²) in [6, 6.07) is 11.8. The maximum Gasteiger partial charge on any atom is 0.293 e. The van der Waals surface area contributed by atoms with Gasteiger partial charge < -0.3 is 10.1 Å². The number of benzene rings is 2. The second-order valence-electron chi connectivity index (χ2n) is 6.97. The van der Waals surface area contributed by atoms with Crippen LogP contribution in [0.1, 0.15) is 30.1 Å². The van der Waals surface area contributed by atoms with Crippen LogP contribution in [0, 0.1) is 23.0 Å². The first-order valence-electron chi connectivity index (χ1n) is 8.99. The molecule has 0 aromatic heterocycles. The number of nitrogens with one attached hydrogen (secondary N) is 1. The highest BCUT2D eigenvalue weighted by Crippen LogP contribution is 2.35. The van der Waals surface area contributed by atoms with E-state index in [-0.39, 0.29) is 28.3 Å². The zero-order valence-corrected chi connectivity index (χ0v) is 16.3. The fourth-order valence-corrected chi connectivity index (χ4v) is 3.94. The summed E-state index contributed by atoms with van der Waals surface area (Å²) in [7, 11) is -4.01. The topological polar surface area (TPSA) is 125 Å². The molecule has 0 saturated carbocycles. The molecule has 0 aliphatic carbocycles. The molecule has 9 heteroatoms. The molecular formula is C19H23N3O5S. The van der Waals surface area contributed by atoms with E-state index < -0.39 is 14.9 Å². The lowest BCUT2D eigenvalue weighted by atomic mass is 9.89. The molecule has 0 radical (unpaired) electrons. The molecule has 0 bridgehead atoms. The quantitative estimate of drug-likeness (QED) is 0.562. The van der Waals surface area contributed by atoms with Gasteiger partial charge in [0.15, 0.2) is 0 Å². The first-order chi connectivity index (χ1) is 13.3. The molecule has 1 aliphatic rings. The minimum atomic E-state index is -4.01. The lowest BCUT2D eigenvalue weighted by Crippen LogP contribution is -2.28. The van der Waals surface area contributed by atoms with Crippen molar-refractivity contribution in [2.24, 2.45) is 11.1 Å². The van der Waals surface area contributed by atoms with Crippen LogP contribution >= 0.6 is 0 Å². The molecule has 1 saturated heterocycles. The predicted molar refractivity (Wildman–Crippen MR) is 106 cm³/mol. The van der Waals surface area contributed by atoms with Crippen molar-refractivity contribution in [2.45, 2.75) is 30.8 Å². The van der Waals surface area contributed by atoms with E-state index in [1.807, 2.05) is 31.2 Å². The van der Waals surface area contributed by atoms with E-state index in [0.717, 1.165) is 24.5 Å². The van der Waals surface area contributed by atoms with Gasteiger partial charge in [0.25, 0.3) is 5.69 Å². The highest BCUT2D eigenvalue weighted by atomic mass is 32.2. The number of nitrogens with two attached hydrogens (primary N) is 1. The Hall–Kier alpha value is -2.49. The number of nitro groups is 1. The number of primary sulfonamides is 1. The Balaban J connectivity index is 1.79. The molecule has 3 N–H and O–H groups in total. The van der Waals surface area contributed by atoms with E-state index in [2.05, 4.69) is 5.32 Å². The molecule has 1 fully saturated rings. The zero-order valence-electron chi connectivity index (χ0n) is 15.5. The van der Waals surface area contributed by atoms with Gasteiger partial charge in [0.05, 0.1) is 15.9 Å². The summed E-state index contributed by atoms with van der Waals surface area (Å²) in [5, 5.41) is 19.5. The third-order valence-electron chi connectivity index (χ3n) is 4.90. The summed E-state index contributed by atoms with van der Waals surface area (Å²) in [5.74, 6) is 0.133. The van der Waals surface area contributed by atoms with Crippen LogP contribution in [0.3, 0.4) is 0 Å². The van der Waals surface area contributed by atoms with Crippen LogP contribution in [-0.4, -0.2) is 26.5 Å². The third-order valence-corrected chi connectivity index (χ3v) is 5.81. The number of hydrogen-bond acceptors (Lipinski definition) is 6. The van der Waals surface area contributed by atoms with E-state index in [9.17, 15) is 18.5 Å². The van der Waals surface area contributed by atoms with E-state index in [4.69, 9.17) is 9.88 Å². The summed E-state index contributed by atoms with van der Waals surface area (Å²) in [5.41, 5.74) is 2.18. The van der Waals surface area contributed by atoms with Gasteiger partial charge in [-0.2, -0.15) is 0 Å². The second-order valence-corrected chi connectivity index (χ2v) is 8.53. The number of rotatable bonds is 6. The van der Waals surface area contributed by atoms with Crippen molar-refractivity contribution in [3.63, 3.8) is 0 Å². The molecule has 28 heavy (non-hydrogen) atoms. The largest absolute Gasteiger partial charge is 0.379 e. The van der Waals surface area contributed by atoms with Crippen LogP contribution < -0.4 is 10.5 Å². The van der Waals surface area contributed by atoms with Gasteiger partial charge >= 0.3 is 0 Å². The zero-order chi connectivity index (χ0) is 20.3. The van der Waals surface area contributed by atoms with Crippen LogP contribution in [0.15, 0.2) is 47.4 Å². The molecule has 150 valence electrons. The molecule has 8 nitrogen and oxygen atoms in total. The first-order valence-corrected chi connectivity index (χ1v) is 10.5. The van der Waals surface area contributed by atoms with Crippen molar-refractivity contribution < 1.29 is 18.1 Å². The number of anilines is 1. The van der Waals surface area contributed by atoms with Crippen molar-refractivity contribution in [3.8, 4) is 0 Å². The Bertz CT molecular complexity index is 960. The van der Waals surface area contributed by atoms with Crippen LogP contribution in [0.25, 0.3) is 0 Å². The Kier molecular flexibility index (Phi) is 5.97. The average Bonchev–Trinajstić information content (AvgIpc) is 2.66. The van der Waals surface area contributed by atoms with Gasteiger partial charge in [-0.05, 0) is 37.5 Å². The van der Waals surface area contributed by atoms with Crippen molar-refractivity contribution in [1.29, 1.82) is 0 Å². The molecule has 0 spiro atoms. The predicted octanol–water partition coefficient (Wildman–Crippen LogP) is 3.13. The maximum atomic E-state index is 11.5. The smallest absolute Gasteiger partial charge is 0.293 e. The maximum absolute atomic E-state index is 11.5. The summed E-state index contributed by atoms with van der Waals surface area (Å²) >= 11 is 0. The second kappa shape index (κ2) is 8.26. The molecule has 2 aromatic rings. The molecule has 2 atom stereocenters. The fourth-order valence-electron chi connectivity index (χ4n) is 3.41. The molecular weight excluding hydrogens is 382 g/mol. The summed E-state index contributed by atoms with van der Waals surface area (Å²) in [6.45, 7) is 3.17. The standard InChI is InChI=1S/C19H23N3O5S/c1-13-4-6-14(7-5-13)19-15(3-2-10-27-19)12-21-17-9-8-16(28(20,25)26)11-18(17)22(23)24/h4-9,11,15,19,21H,2-3,10,12H2,1H3,(H2,20,25,26). The molecule has 1 aliphatic heterocycles. The Morgan fingerprint density at radius 2 is 1.96 bits per heavy atom. The minimum Gasteiger partial charge on any atom is -0.379 e. The molecule has 2 unspecified atom stereocenters. The minimum absolute atomic E-state index is 0.0930. The molecule has 0 amide bonds. The Morgan fingerprint density at radius 3 is 2.61 bits per heavy atom.